The summed E-state index contributed by atoms with van der Waals surface area (Å²) in [7, 11) is 0. The zero-order chi connectivity index (χ0) is 23.8. The Hall–Kier alpha value is -3.92. The van der Waals surface area contributed by atoms with Gasteiger partial charge in [0, 0.05) is 12.6 Å². The molecule has 34 heavy (non-hydrogen) atoms. The van der Waals surface area contributed by atoms with Gasteiger partial charge in [0.05, 0.1) is 23.6 Å². The van der Waals surface area contributed by atoms with Gasteiger partial charge in [-0.25, -0.2) is 14.3 Å². The first kappa shape index (κ1) is 21.9. The normalized spacial score (nSPS) is 14.2. The first-order chi connectivity index (χ1) is 16.5. The van der Waals surface area contributed by atoms with Crippen LogP contribution in [0.25, 0.3) is 16.9 Å². The molecule has 0 saturated heterocycles. The highest BCUT2D eigenvalue weighted by Crippen LogP contribution is 2.28. The van der Waals surface area contributed by atoms with E-state index in [1.807, 2.05) is 42.5 Å². The zero-order valence-corrected chi connectivity index (χ0v) is 19.4. The van der Waals surface area contributed by atoms with E-state index in [0.717, 1.165) is 31.2 Å². The van der Waals surface area contributed by atoms with Gasteiger partial charge in [0.25, 0.3) is 5.56 Å². The molecule has 1 aliphatic carbocycles. The van der Waals surface area contributed by atoms with Gasteiger partial charge >= 0.3 is 5.69 Å². The molecule has 1 fully saturated rings. The molecular weight excluding hydrogens is 426 g/mol. The molecule has 7 heteroatoms. The van der Waals surface area contributed by atoms with Gasteiger partial charge in [0.2, 0.25) is 0 Å². The van der Waals surface area contributed by atoms with Gasteiger partial charge in [-0.1, -0.05) is 51.0 Å². The largest absolute Gasteiger partial charge is 0.337 e. The molecule has 1 aliphatic rings. The highest BCUT2D eigenvalue weighted by Gasteiger charge is 2.26. The maximum atomic E-state index is 13.7. The number of aromatic nitrogens is 4. The molecule has 0 aliphatic heterocycles. The Morgan fingerprint density at radius 2 is 1.82 bits per heavy atom. The van der Waals surface area contributed by atoms with Crippen LogP contribution in [0, 0.1) is 11.3 Å². The Balaban J connectivity index is 1.73. The average molecular weight is 454 g/mol. The fraction of sp³-hybridized carbons (Fsp3) is 0.333. The molecule has 0 spiro atoms. The van der Waals surface area contributed by atoms with Crippen LogP contribution in [0.4, 0.5) is 0 Å². The van der Waals surface area contributed by atoms with Crippen LogP contribution in [0.5, 0.6) is 0 Å². The number of hydrogen-bond donors (Lipinski definition) is 0. The van der Waals surface area contributed by atoms with Gasteiger partial charge in [-0.05, 0) is 54.2 Å². The van der Waals surface area contributed by atoms with Crippen molar-refractivity contribution in [2.75, 3.05) is 0 Å². The van der Waals surface area contributed by atoms with Crippen LogP contribution >= 0.6 is 0 Å². The number of nitrogens with zero attached hydrogens (tertiary/aromatic N) is 5. The van der Waals surface area contributed by atoms with E-state index in [1.165, 1.54) is 10.1 Å². The predicted octanol–water partition coefficient (Wildman–Crippen LogP) is 4.51. The molecule has 0 bridgehead atoms. The fourth-order valence-corrected chi connectivity index (χ4v) is 4.93. The lowest BCUT2D eigenvalue weighted by Gasteiger charge is -2.17. The Labute approximate surface area is 197 Å². The maximum absolute atomic E-state index is 13.7. The lowest BCUT2D eigenvalue weighted by molar-refractivity contribution is 0.474. The molecule has 0 N–H and O–H groups in total. The Bertz CT molecular complexity index is 1510. The van der Waals surface area contributed by atoms with E-state index in [-0.39, 0.29) is 17.3 Å². The van der Waals surface area contributed by atoms with Crippen LogP contribution in [-0.2, 0) is 6.54 Å². The summed E-state index contributed by atoms with van der Waals surface area (Å²) >= 11 is 0. The van der Waals surface area contributed by atoms with Crippen molar-refractivity contribution in [1.29, 1.82) is 5.26 Å². The zero-order valence-electron chi connectivity index (χ0n) is 19.4. The monoisotopic (exact) mass is 453 g/mol. The third kappa shape index (κ3) is 3.75. The minimum atomic E-state index is -0.335. The standard InChI is InChI=1S/C27H27N5O2/c1-18(2)21-10-12-23(13-11-21)31-25-24(26(33)32(27(31)34)22-8-3-4-9-22)30(17-29-25)16-20-7-5-6-19(14-20)15-28/h5-7,10-14,17-18,22H,3-4,8-9,16H2,1-2H3. The third-order valence-corrected chi connectivity index (χ3v) is 6.77. The number of nitriles is 1. The molecule has 2 heterocycles. The third-order valence-electron chi connectivity index (χ3n) is 6.77. The maximum Gasteiger partial charge on any atom is 0.337 e. The van der Waals surface area contributed by atoms with E-state index in [4.69, 9.17) is 0 Å². The van der Waals surface area contributed by atoms with Gasteiger partial charge < -0.3 is 4.57 Å². The highest BCUT2D eigenvalue weighted by molar-refractivity contribution is 5.72. The molecule has 0 atom stereocenters. The number of fused-ring (bicyclic) bond motifs is 1. The lowest BCUT2D eigenvalue weighted by Crippen LogP contribution is -2.41. The lowest BCUT2D eigenvalue weighted by atomic mass is 10.0. The topological polar surface area (TPSA) is 85.6 Å². The number of benzene rings is 2. The predicted molar refractivity (Wildman–Crippen MR) is 131 cm³/mol. The van der Waals surface area contributed by atoms with E-state index in [9.17, 15) is 14.9 Å². The van der Waals surface area contributed by atoms with Gasteiger partial charge in [-0.2, -0.15) is 5.26 Å². The van der Waals surface area contributed by atoms with Crippen molar-refractivity contribution in [3.63, 3.8) is 0 Å². The molecule has 0 radical (unpaired) electrons. The van der Waals surface area contributed by atoms with Crippen molar-refractivity contribution in [2.45, 2.75) is 58.0 Å². The molecule has 0 unspecified atom stereocenters. The summed E-state index contributed by atoms with van der Waals surface area (Å²) in [6.45, 7) is 4.64. The second kappa shape index (κ2) is 8.79. The second-order valence-corrected chi connectivity index (χ2v) is 9.33. The molecule has 172 valence electrons. The molecule has 1 saturated carbocycles. The van der Waals surface area contributed by atoms with Crippen LogP contribution in [0.15, 0.2) is 64.4 Å². The molecule has 2 aromatic heterocycles. The van der Waals surface area contributed by atoms with Crippen molar-refractivity contribution < 1.29 is 0 Å². The summed E-state index contributed by atoms with van der Waals surface area (Å²) in [5, 5.41) is 9.25. The van der Waals surface area contributed by atoms with Crippen LogP contribution < -0.4 is 11.2 Å². The molecule has 5 rings (SSSR count). The number of imidazole rings is 1. The van der Waals surface area contributed by atoms with Crippen molar-refractivity contribution in [3.05, 3.63) is 92.4 Å². The van der Waals surface area contributed by atoms with Crippen molar-refractivity contribution in [3.8, 4) is 11.8 Å². The summed E-state index contributed by atoms with van der Waals surface area (Å²) in [6.07, 6.45) is 5.29. The first-order valence-electron chi connectivity index (χ1n) is 11.8. The van der Waals surface area contributed by atoms with Crippen LogP contribution in [0.3, 0.4) is 0 Å². The molecule has 4 aromatic rings. The van der Waals surface area contributed by atoms with E-state index in [1.54, 1.807) is 21.5 Å². The van der Waals surface area contributed by atoms with Gasteiger partial charge in [0.1, 0.15) is 0 Å². The van der Waals surface area contributed by atoms with E-state index in [2.05, 4.69) is 24.9 Å². The van der Waals surface area contributed by atoms with Crippen LogP contribution in [0.1, 0.15) is 68.2 Å². The molecule has 7 nitrogen and oxygen atoms in total. The van der Waals surface area contributed by atoms with Gasteiger partial charge in [0.15, 0.2) is 11.2 Å². The van der Waals surface area contributed by atoms with Crippen molar-refractivity contribution in [2.24, 2.45) is 0 Å². The first-order valence-corrected chi connectivity index (χ1v) is 11.8. The summed E-state index contributed by atoms with van der Waals surface area (Å²) in [4.78, 5) is 31.9. The Morgan fingerprint density at radius 1 is 1.09 bits per heavy atom. The molecule has 0 amide bonds. The quantitative estimate of drug-likeness (QED) is 0.445. The van der Waals surface area contributed by atoms with E-state index in [0.29, 0.717) is 34.9 Å². The van der Waals surface area contributed by atoms with Gasteiger partial charge in [-0.3, -0.25) is 9.36 Å². The number of rotatable bonds is 5. The SMILES string of the molecule is CC(C)c1ccc(-n2c(=O)n(C3CCCC3)c(=O)c3c2ncn3Cc2cccc(C#N)c2)cc1. The fourth-order valence-electron chi connectivity index (χ4n) is 4.93. The van der Waals surface area contributed by atoms with E-state index >= 15 is 0 Å². The van der Waals surface area contributed by atoms with Crippen LogP contribution in [-0.4, -0.2) is 18.7 Å². The average Bonchev–Trinajstić information content (AvgIpc) is 3.50. The summed E-state index contributed by atoms with van der Waals surface area (Å²) in [5.41, 5.74) is 3.47. The smallest absolute Gasteiger partial charge is 0.320 e. The highest BCUT2D eigenvalue weighted by atomic mass is 16.2. The van der Waals surface area contributed by atoms with Crippen molar-refractivity contribution >= 4 is 11.2 Å². The molecule has 2 aromatic carbocycles. The van der Waals surface area contributed by atoms with Crippen LogP contribution in [0.2, 0.25) is 0 Å². The van der Waals surface area contributed by atoms with E-state index < -0.39 is 0 Å². The second-order valence-electron chi connectivity index (χ2n) is 9.33. The molecular formula is C27H27N5O2. The summed E-state index contributed by atoms with van der Waals surface area (Å²) in [6, 6.07) is 17.3. The summed E-state index contributed by atoms with van der Waals surface area (Å²) < 4.78 is 4.80. The Morgan fingerprint density at radius 3 is 2.50 bits per heavy atom. The van der Waals surface area contributed by atoms with Gasteiger partial charge in [-0.15, -0.1) is 0 Å². The summed E-state index contributed by atoms with van der Waals surface area (Å²) in [5.74, 6) is 0.376. The minimum Gasteiger partial charge on any atom is -0.320 e. The Kier molecular flexibility index (Phi) is 5.66. The number of hydrogen-bond acceptors (Lipinski definition) is 4. The minimum absolute atomic E-state index is 0.101. The van der Waals surface area contributed by atoms with Crippen molar-refractivity contribution in [1.82, 2.24) is 18.7 Å².